The summed E-state index contributed by atoms with van der Waals surface area (Å²) < 4.78 is 0. The van der Waals surface area contributed by atoms with Gasteiger partial charge in [0.1, 0.15) is 0 Å². The molecule has 15 heavy (non-hydrogen) atoms. The number of carboxylic acid groups (broad SMARTS) is 2. The first-order valence-electron chi connectivity index (χ1n) is 4.19. The molecule has 2 rings (SSSR count). The summed E-state index contributed by atoms with van der Waals surface area (Å²) in [5.74, 6) is -1.20. The Hall–Kier alpha value is -2.18. The largest absolute Gasteiger partial charge is 0.476 e. The van der Waals surface area contributed by atoms with Gasteiger partial charge in [-0.1, -0.05) is 0 Å². The Morgan fingerprint density at radius 3 is 2.67 bits per heavy atom. The van der Waals surface area contributed by atoms with Crippen LogP contribution in [-0.4, -0.2) is 45.1 Å². The number of fused-ring (bicyclic) bond motifs is 1. The second-order valence-electron chi connectivity index (χ2n) is 3.07. The maximum atomic E-state index is 10.7. The molecule has 2 heterocycles. The van der Waals surface area contributed by atoms with Crippen molar-refractivity contribution >= 4 is 23.5 Å². The summed E-state index contributed by atoms with van der Waals surface area (Å²) in [6, 6.07) is 0. The number of rotatable bonds is 1. The Kier molecular flexibility index (Phi) is 2.00. The number of hydrogen-bond donors (Lipinski definition) is 2. The van der Waals surface area contributed by atoms with E-state index in [0.717, 1.165) is 4.90 Å². The normalized spacial score (nSPS) is 18.9. The number of carbonyl (C=O) groups is 2. The third-order valence-corrected chi connectivity index (χ3v) is 2.16. The van der Waals surface area contributed by atoms with Crippen LogP contribution in [-0.2, 0) is 4.79 Å². The Bertz CT molecular complexity index is 435. The first kappa shape index (κ1) is 9.38. The van der Waals surface area contributed by atoms with Gasteiger partial charge in [-0.3, -0.25) is 4.90 Å². The lowest BCUT2D eigenvalue weighted by molar-refractivity contribution is -0.129. The molecule has 0 atom stereocenters. The molecule has 2 N–H and O–H groups in total. The highest BCUT2D eigenvalue weighted by Gasteiger charge is 2.30. The Labute approximate surface area is 84.0 Å². The van der Waals surface area contributed by atoms with Crippen molar-refractivity contribution in [2.24, 2.45) is 10.2 Å². The average Bonchev–Trinajstić information content (AvgIpc) is 2.59. The predicted molar refractivity (Wildman–Crippen MR) is 49.9 cm³/mol. The second-order valence-corrected chi connectivity index (χ2v) is 3.07. The van der Waals surface area contributed by atoms with Gasteiger partial charge in [0.05, 0.1) is 5.71 Å². The first-order valence-corrected chi connectivity index (χ1v) is 4.19. The summed E-state index contributed by atoms with van der Waals surface area (Å²) in [6.07, 6.45) is 0.529. The minimum absolute atomic E-state index is 0.198. The molecule has 0 aromatic rings. The Balaban J connectivity index is 2.34. The van der Waals surface area contributed by atoms with Gasteiger partial charge in [-0.05, 0) is 0 Å². The van der Waals surface area contributed by atoms with E-state index in [2.05, 4.69) is 10.2 Å². The van der Waals surface area contributed by atoms with Crippen LogP contribution in [0.4, 0.5) is 4.79 Å². The molecule has 0 saturated carbocycles. The lowest BCUT2D eigenvalue weighted by Crippen LogP contribution is -2.33. The number of aliphatic carboxylic acids is 1. The van der Waals surface area contributed by atoms with E-state index in [9.17, 15) is 9.59 Å². The number of carboxylic acids is 1. The predicted octanol–water partition coefficient (Wildman–Crippen LogP) is 0.149. The summed E-state index contributed by atoms with van der Waals surface area (Å²) >= 11 is 0. The molecule has 2 aliphatic rings. The minimum Gasteiger partial charge on any atom is -0.476 e. The zero-order valence-electron chi connectivity index (χ0n) is 7.54. The van der Waals surface area contributed by atoms with Gasteiger partial charge >= 0.3 is 12.1 Å². The molecular weight excluding hydrogens is 202 g/mol. The Morgan fingerprint density at radius 1 is 1.33 bits per heavy atom. The van der Waals surface area contributed by atoms with E-state index in [1.165, 1.54) is 6.20 Å². The quantitative estimate of drug-likeness (QED) is 0.641. The fourth-order valence-electron chi connectivity index (χ4n) is 1.43. The molecule has 2 aliphatic heterocycles. The molecule has 7 nitrogen and oxygen atoms in total. The maximum Gasteiger partial charge on any atom is 0.411 e. The highest BCUT2D eigenvalue weighted by Crippen LogP contribution is 2.19. The van der Waals surface area contributed by atoms with E-state index >= 15 is 0 Å². The van der Waals surface area contributed by atoms with E-state index in [1.54, 1.807) is 0 Å². The summed E-state index contributed by atoms with van der Waals surface area (Å²) in [4.78, 5) is 22.4. The summed E-state index contributed by atoms with van der Waals surface area (Å²) in [5, 5.41) is 24.7. The standard InChI is InChI=1S/C8H7N3O4/c12-7(13)6-4-3-11(8(14)15)2-1-5(4)9-10-6/h3H,1-2H2,(H,12,13)(H,14,15). The van der Waals surface area contributed by atoms with Gasteiger partial charge in [-0.2, -0.15) is 5.10 Å². The maximum absolute atomic E-state index is 10.7. The Morgan fingerprint density at radius 2 is 2.07 bits per heavy atom. The highest BCUT2D eigenvalue weighted by atomic mass is 16.4. The molecule has 1 amide bonds. The molecule has 78 valence electrons. The van der Waals surface area contributed by atoms with Gasteiger partial charge in [0.2, 0.25) is 0 Å². The van der Waals surface area contributed by atoms with E-state index < -0.39 is 12.1 Å². The highest BCUT2D eigenvalue weighted by molar-refractivity contribution is 6.51. The van der Waals surface area contributed by atoms with Gasteiger partial charge in [-0.25, -0.2) is 9.59 Å². The lowest BCUT2D eigenvalue weighted by Gasteiger charge is -2.20. The van der Waals surface area contributed by atoms with E-state index in [1.807, 2.05) is 0 Å². The molecule has 0 fully saturated rings. The SMILES string of the molecule is O=C(O)C1=NN=C2CCN(C(=O)O)C=C21. The van der Waals surface area contributed by atoms with Crippen LogP contribution in [0.3, 0.4) is 0 Å². The van der Waals surface area contributed by atoms with Crippen molar-refractivity contribution in [1.82, 2.24) is 4.90 Å². The number of nitrogens with zero attached hydrogens (tertiary/aromatic N) is 3. The third kappa shape index (κ3) is 1.47. The molecule has 0 aromatic heterocycles. The molecule has 0 aromatic carbocycles. The fourth-order valence-corrected chi connectivity index (χ4v) is 1.43. The van der Waals surface area contributed by atoms with Crippen LogP contribution in [0, 0.1) is 0 Å². The van der Waals surface area contributed by atoms with Crippen molar-refractivity contribution in [2.45, 2.75) is 6.42 Å². The molecule has 0 spiro atoms. The molecule has 0 saturated heterocycles. The van der Waals surface area contributed by atoms with Crippen LogP contribution in [0.5, 0.6) is 0 Å². The number of amides is 1. The van der Waals surface area contributed by atoms with Gasteiger partial charge < -0.3 is 10.2 Å². The van der Waals surface area contributed by atoms with Gasteiger partial charge in [0, 0.05) is 24.7 Å². The fraction of sp³-hybridized carbons (Fsp3) is 0.250. The summed E-state index contributed by atoms with van der Waals surface area (Å²) in [5.41, 5.74) is 0.622. The van der Waals surface area contributed by atoms with Crippen molar-refractivity contribution in [2.75, 3.05) is 6.54 Å². The van der Waals surface area contributed by atoms with E-state index in [-0.39, 0.29) is 17.8 Å². The summed E-state index contributed by atoms with van der Waals surface area (Å²) in [6.45, 7) is 0.278. The molecule has 0 unspecified atom stereocenters. The topological polar surface area (TPSA) is 103 Å². The van der Waals surface area contributed by atoms with Gasteiger partial charge in [0.15, 0.2) is 5.71 Å². The van der Waals surface area contributed by atoms with Crippen molar-refractivity contribution in [3.63, 3.8) is 0 Å². The van der Waals surface area contributed by atoms with Crippen LogP contribution >= 0.6 is 0 Å². The zero-order chi connectivity index (χ0) is 11.0. The molecular formula is C8H7N3O4. The van der Waals surface area contributed by atoms with Crippen LogP contribution in [0.2, 0.25) is 0 Å². The average molecular weight is 209 g/mol. The van der Waals surface area contributed by atoms with Crippen LogP contribution < -0.4 is 0 Å². The van der Waals surface area contributed by atoms with Crippen molar-refractivity contribution in [3.8, 4) is 0 Å². The minimum atomic E-state index is -1.20. The van der Waals surface area contributed by atoms with E-state index in [0.29, 0.717) is 12.1 Å². The molecule has 7 heteroatoms. The number of hydrogen-bond acceptors (Lipinski definition) is 4. The lowest BCUT2D eigenvalue weighted by atomic mass is 10.0. The van der Waals surface area contributed by atoms with Crippen LogP contribution in [0.25, 0.3) is 0 Å². The smallest absolute Gasteiger partial charge is 0.411 e. The monoisotopic (exact) mass is 209 g/mol. The van der Waals surface area contributed by atoms with Gasteiger partial charge in [0.25, 0.3) is 0 Å². The molecule has 0 radical (unpaired) electrons. The zero-order valence-corrected chi connectivity index (χ0v) is 7.54. The van der Waals surface area contributed by atoms with Crippen LogP contribution in [0.15, 0.2) is 22.0 Å². The summed E-state index contributed by atoms with van der Waals surface area (Å²) in [7, 11) is 0. The second kappa shape index (κ2) is 3.19. The van der Waals surface area contributed by atoms with E-state index in [4.69, 9.17) is 10.2 Å². The van der Waals surface area contributed by atoms with Crippen molar-refractivity contribution in [1.29, 1.82) is 0 Å². The van der Waals surface area contributed by atoms with Gasteiger partial charge in [-0.15, -0.1) is 5.10 Å². The molecule has 0 bridgehead atoms. The van der Waals surface area contributed by atoms with Crippen molar-refractivity contribution < 1.29 is 19.8 Å². The first-order chi connectivity index (χ1) is 7.09. The third-order valence-electron chi connectivity index (χ3n) is 2.16. The van der Waals surface area contributed by atoms with Crippen LogP contribution in [0.1, 0.15) is 6.42 Å². The molecule has 0 aliphatic carbocycles. The van der Waals surface area contributed by atoms with Crippen molar-refractivity contribution in [3.05, 3.63) is 11.8 Å².